The van der Waals surface area contributed by atoms with Gasteiger partial charge >= 0.3 is 12.0 Å². The number of nitrogens with one attached hydrogen (secondary N) is 2. The Labute approximate surface area is 121 Å². The molecular formula is C14H16N4O3. The molecule has 0 aliphatic rings. The van der Waals surface area contributed by atoms with Crippen LogP contribution in [0.2, 0.25) is 0 Å². The standard InChI is InChI=1S/C14H16N4O3/c1-8-6-10(13(19)20)4-5-11(8)15-14(21)16-12-7-18(3)17-9(12)2/h4-7H,1-3H3,(H,19,20)(H2,15,16,21). The van der Waals surface area contributed by atoms with E-state index in [2.05, 4.69) is 15.7 Å². The highest BCUT2D eigenvalue weighted by molar-refractivity contribution is 6.00. The number of aromatic nitrogens is 2. The highest BCUT2D eigenvalue weighted by Crippen LogP contribution is 2.18. The maximum atomic E-state index is 11.9. The molecule has 0 unspecified atom stereocenters. The lowest BCUT2D eigenvalue weighted by atomic mass is 10.1. The van der Waals surface area contributed by atoms with Gasteiger partial charge in [-0.15, -0.1) is 0 Å². The Balaban J connectivity index is 2.09. The summed E-state index contributed by atoms with van der Waals surface area (Å²) in [7, 11) is 1.77. The van der Waals surface area contributed by atoms with Crippen molar-refractivity contribution in [1.29, 1.82) is 0 Å². The minimum atomic E-state index is -1.000. The molecule has 21 heavy (non-hydrogen) atoms. The molecule has 2 rings (SSSR count). The van der Waals surface area contributed by atoms with E-state index < -0.39 is 12.0 Å². The zero-order chi connectivity index (χ0) is 15.6. The second kappa shape index (κ2) is 5.66. The largest absolute Gasteiger partial charge is 0.478 e. The van der Waals surface area contributed by atoms with E-state index in [-0.39, 0.29) is 5.56 Å². The molecule has 7 heteroatoms. The van der Waals surface area contributed by atoms with Crippen LogP contribution in [0.25, 0.3) is 0 Å². The molecule has 7 nitrogen and oxygen atoms in total. The van der Waals surface area contributed by atoms with E-state index in [1.54, 1.807) is 37.8 Å². The number of nitrogens with zero attached hydrogens (tertiary/aromatic N) is 2. The van der Waals surface area contributed by atoms with Crippen molar-refractivity contribution in [3.05, 3.63) is 41.2 Å². The van der Waals surface area contributed by atoms with E-state index in [1.165, 1.54) is 12.1 Å². The average molecular weight is 288 g/mol. The van der Waals surface area contributed by atoms with Crippen LogP contribution in [-0.4, -0.2) is 26.9 Å². The van der Waals surface area contributed by atoms with Crippen molar-refractivity contribution in [2.24, 2.45) is 7.05 Å². The average Bonchev–Trinajstić information content (AvgIpc) is 2.70. The van der Waals surface area contributed by atoms with Crippen LogP contribution in [0.1, 0.15) is 21.6 Å². The summed E-state index contributed by atoms with van der Waals surface area (Å²) in [5.41, 5.74) is 2.74. The lowest BCUT2D eigenvalue weighted by Gasteiger charge is -2.10. The summed E-state index contributed by atoms with van der Waals surface area (Å²) in [6.07, 6.45) is 1.70. The monoisotopic (exact) mass is 288 g/mol. The van der Waals surface area contributed by atoms with Crippen molar-refractivity contribution >= 4 is 23.4 Å². The highest BCUT2D eigenvalue weighted by atomic mass is 16.4. The Hall–Kier alpha value is -2.83. The minimum absolute atomic E-state index is 0.182. The highest BCUT2D eigenvalue weighted by Gasteiger charge is 2.10. The molecule has 0 fully saturated rings. The number of carbonyl (C=O) groups excluding carboxylic acids is 1. The van der Waals surface area contributed by atoms with E-state index in [9.17, 15) is 9.59 Å². The van der Waals surface area contributed by atoms with Crippen LogP contribution in [0.3, 0.4) is 0 Å². The maximum Gasteiger partial charge on any atom is 0.335 e. The number of rotatable bonds is 3. The fourth-order valence-corrected chi connectivity index (χ4v) is 1.94. The third-order valence-electron chi connectivity index (χ3n) is 2.98. The summed E-state index contributed by atoms with van der Waals surface area (Å²) in [6.45, 7) is 3.53. The Morgan fingerprint density at radius 1 is 1.19 bits per heavy atom. The van der Waals surface area contributed by atoms with Crippen LogP contribution in [-0.2, 0) is 7.05 Å². The molecule has 2 amide bonds. The van der Waals surface area contributed by atoms with Crippen molar-refractivity contribution in [1.82, 2.24) is 9.78 Å². The van der Waals surface area contributed by atoms with Crippen LogP contribution in [0.5, 0.6) is 0 Å². The molecule has 0 aliphatic heterocycles. The smallest absolute Gasteiger partial charge is 0.335 e. The van der Waals surface area contributed by atoms with Gasteiger partial charge in [0.2, 0.25) is 0 Å². The van der Waals surface area contributed by atoms with Crippen LogP contribution < -0.4 is 10.6 Å². The molecule has 3 N–H and O–H groups in total. The zero-order valence-electron chi connectivity index (χ0n) is 12.0. The van der Waals surface area contributed by atoms with Gasteiger partial charge in [0.1, 0.15) is 0 Å². The van der Waals surface area contributed by atoms with Crippen molar-refractivity contribution in [2.45, 2.75) is 13.8 Å². The normalized spacial score (nSPS) is 10.2. The number of aromatic carboxylic acids is 1. The maximum absolute atomic E-state index is 11.9. The molecule has 110 valence electrons. The molecule has 1 aromatic carbocycles. The molecule has 0 saturated carbocycles. The second-order valence-corrected chi connectivity index (χ2v) is 4.72. The Morgan fingerprint density at radius 3 is 2.38 bits per heavy atom. The van der Waals surface area contributed by atoms with Gasteiger partial charge in [0.05, 0.1) is 16.9 Å². The molecule has 0 bridgehead atoms. The predicted octanol–water partition coefficient (Wildman–Crippen LogP) is 2.38. The van der Waals surface area contributed by atoms with Crippen LogP contribution in [0.15, 0.2) is 24.4 Å². The van der Waals surface area contributed by atoms with Crippen LogP contribution in [0, 0.1) is 13.8 Å². The number of aryl methyl sites for hydroxylation is 3. The topological polar surface area (TPSA) is 96.3 Å². The molecule has 0 spiro atoms. The van der Waals surface area contributed by atoms with E-state index >= 15 is 0 Å². The van der Waals surface area contributed by atoms with Gasteiger partial charge in [-0.2, -0.15) is 5.10 Å². The summed E-state index contributed by atoms with van der Waals surface area (Å²) in [5, 5.41) is 18.4. The predicted molar refractivity (Wildman–Crippen MR) is 78.7 cm³/mol. The lowest BCUT2D eigenvalue weighted by Crippen LogP contribution is -2.20. The van der Waals surface area contributed by atoms with Gasteiger partial charge in [0.15, 0.2) is 0 Å². The Morgan fingerprint density at radius 2 is 1.86 bits per heavy atom. The number of carbonyl (C=O) groups is 2. The summed E-state index contributed by atoms with van der Waals surface area (Å²) >= 11 is 0. The number of hydrogen-bond donors (Lipinski definition) is 3. The van der Waals surface area contributed by atoms with E-state index in [4.69, 9.17) is 5.11 Å². The summed E-state index contributed by atoms with van der Waals surface area (Å²) in [6, 6.07) is 4.11. The number of benzene rings is 1. The zero-order valence-corrected chi connectivity index (χ0v) is 12.0. The third-order valence-corrected chi connectivity index (χ3v) is 2.98. The van der Waals surface area contributed by atoms with E-state index in [1.807, 2.05) is 0 Å². The third kappa shape index (κ3) is 3.38. The quantitative estimate of drug-likeness (QED) is 0.807. The first-order valence-corrected chi connectivity index (χ1v) is 6.29. The summed E-state index contributed by atoms with van der Waals surface area (Å²) < 4.78 is 1.61. The van der Waals surface area contributed by atoms with E-state index in [0.29, 0.717) is 22.6 Å². The number of amides is 2. The van der Waals surface area contributed by atoms with Crippen molar-refractivity contribution in [3.8, 4) is 0 Å². The first-order chi connectivity index (χ1) is 9.86. The fraction of sp³-hybridized carbons (Fsp3) is 0.214. The Kier molecular flexibility index (Phi) is 3.93. The van der Waals surface area contributed by atoms with Gasteiger partial charge in [0.25, 0.3) is 0 Å². The van der Waals surface area contributed by atoms with Gasteiger partial charge < -0.3 is 15.7 Å². The molecule has 0 aliphatic carbocycles. The summed E-state index contributed by atoms with van der Waals surface area (Å²) in [4.78, 5) is 22.8. The van der Waals surface area contributed by atoms with Gasteiger partial charge in [-0.25, -0.2) is 9.59 Å². The van der Waals surface area contributed by atoms with Crippen molar-refractivity contribution in [2.75, 3.05) is 10.6 Å². The molecule has 1 heterocycles. The van der Waals surface area contributed by atoms with Crippen molar-refractivity contribution < 1.29 is 14.7 Å². The van der Waals surface area contributed by atoms with Gasteiger partial charge in [0, 0.05) is 18.9 Å². The SMILES string of the molecule is Cc1cc(C(=O)O)ccc1NC(=O)Nc1cn(C)nc1C. The van der Waals surface area contributed by atoms with Crippen molar-refractivity contribution in [3.63, 3.8) is 0 Å². The first-order valence-electron chi connectivity index (χ1n) is 6.29. The minimum Gasteiger partial charge on any atom is -0.478 e. The molecular weight excluding hydrogens is 272 g/mol. The number of urea groups is 1. The number of carboxylic acid groups (broad SMARTS) is 1. The van der Waals surface area contributed by atoms with Gasteiger partial charge in [-0.3, -0.25) is 4.68 Å². The number of carboxylic acids is 1. The van der Waals surface area contributed by atoms with Crippen LogP contribution >= 0.6 is 0 Å². The molecule has 2 aromatic rings. The van der Waals surface area contributed by atoms with Gasteiger partial charge in [-0.05, 0) is 37.6 Å². The Bertz CT molecular complexity index is 706. The molecule has 0 saturated heterocycles. The first kappa shape index (κ1) is 14.6. The number of hydrogen-bond acceptors (Lipinski definition) is 3. The molecule has 0 atom stereocenters. The fourth-order valence-electron chi connectivity index (χ4n) is 1.94. The van der Waals surface area contributed by atoms with Crippen LogP contribution in [0.4, 0.5) is 16.2 Å². The molecule has 0 radical (unpaired) electrons. The van der Waals surface area contributed by atoms with E-state index in [0.717, 1.165) is 0 Å². The summed E-state index contributed by atoms with van der Waals surface area (Å²) in [5.74, 6) is -1.000. The second-order valence-electron chi connectivity index (χ2n) is 4.72. The molecule has 1 aromatic heterocycles. The number of anilines is 2. The van der Waals surface area contributed by atoms with Gasteiger partial charge in [-0.1, -0.05) is 0 Å². The lowest BCUT2D eigenvalue weighted by molar-refractivity contribution is 0.0697.